The summed E-state index contributed by atoms with van der Waals surface area (Å²) < 4.78 is 16.7. The summed E-state index contributed by atoms with van der Waals surface area (Å²) >= 11 is 0. The molecule has 17 heavy (non-hydrogen) atoms. The Morgan fingerprint density at radius 3 is 2.94 bits per heavy atom. The molecule has 4 unspecified atom stereocenters. The monoisotopic (exact) mass is 243 g/mol. The van der Waals surface area contributed by atoms with E-state index in [0.717, 1.165) is 45.5 Å². The highest BCUT2D eigenvalue weighted by Gasteiger charge is 2.42. The minimum atomic E-state index is -0.0309. The van der Waals surface area contributed by atoms with Gasteiger partial charge in [-0.25, -0.2) is 0 Å². The third-order valence-electron chi connectivity index (χ3n) is 4.21. The van der Waals surface area contributed by atoms with Crippen molar-refractivity contribution in [3.05, 3.63) is 0 Å². The second-order valence-electron chi connectivity index (χ2n) is 5.53. The van der Waals surface area contributed by atoms with Crippen molar-refractivity contribution in [1.82, 2.24) is 0 Å². The van der Waals surface area contributed by atoms with Gasteiger partial charge in [-0.1, -0.05) is 0 Å². The van der Waals surface area contributed by atoms with Gasteiger partial charge in [0.25, 0.3) is 0 Å². The van der Waals surface area contributed by atoms with Crippen molar-refractivity contribution in [2.45, 2.75) is 50.4 Å². The largest absolute Gasteiger partial charge is 0.382 e. The maximum Gasteiger partial charge on any atom is 0.0939 e. The molecule has 0 aromatic heterocycles. The van der Waals surface area contributed by atoms with Crippen LogP contribution < -0.4 is 5.73 Å². The van der Waals surface area contributed by atoms with Crippen LogP contribution in [0, 0.1) is 5.92 Å². The van der Waals surface area contributed by atoms with Crippen LogP contribution >= 0.6 is 0 Å². The standard InChI is InChI=1S/C13H25NO3/c1-10(15-2)7-12(14)11-3-5-17-13(8-11)4-6-16-9-13/h10-12H,3-9,14H2,1-2H3. The van der Waals surface area contributed by atoms with E-state index in [4.69, 9.17) is 19.9 Å². The van der Waals surface area contributed by atoms with Gasteiger partial charge in [-0.05, 0) is 32.1 Å². The van der Waals surface area contributed by atoms with Gasteiger partial charge < -0.3 is 19.9 Å². The van der Waals surface area contributed by atoms with E-state index in [1.165, 1.54) is 0 Å². The molecule has 1 spiro atoms. The molecule has 100 valence electrons. The summed E-state index contributed by atoms with van der Waals surface area (Å²) in [5.74, 6) is 0.544. The Hall–Kier alpha value is -0.160. The lowest BCUT2D eigenvalue weighted by molar-refractivity contribution is -0.103. The van der Waals surface area contributed by atoms with Gasteiger partial charge in [0.05, 0.1) is 18.3 Å². The topological polar surface area (TPSA) is 53.7 Å². The van der Waals surface area contributed by atoms with E-state index in [1.54, 1.807) is 7.11 Å². The first kappa shape index (κ1) is 13.3. The average molecular weight is 243 g/mol. The van der Waals surface area contributed by atoms with Crippen molar-refractivity contribution in [1.29, 1.82) is 0 Å². The van der Waals surface area contributed by atoms with Crippen molar-refractivity contribution < 1.29 is 14.2 Å². The van der Waals surface area contributed by atoms with Crippen LogP contribution in [-0.2, 0) is 14.2 Å². The summed E-state index contributed by atoms with van der Waals surface area (Å²) in [6, 6.07) is 0.214. The number of hydrogen-bond acceptors (Lipinski definition) is 4. The lowest BCUT2D eigenvalue weighted by Gasteiger charge is -2.39. The third kappa shape index (κ3) is 3.19. The Labute approximate surface area is 104 Å². The molecule has 2 fully saturated rings. The van der Waals surface area contributed by atoms with E-state index in [0.29, 0.717) is 5.92 Å². The molecule has 2 heterocycles. The molecule has 4 atom stereocenters. The minimum Gasteiger partial charge on any atom is -0.382 e. The SMILES string of the molecule is COC(C)CC(N)C1CCOC2(CCOC2)C1. The highest BCUT2D eigenvalue weighted by Crippen LogP contribution is 2.37. The van der Waals surface area contributed by atoms with Crippen LogP contribution in [0.1, 0.15) is 32.6 Å². The summed E-state index contributed by atoms with van der Waals surface area (Å²) in [6.07, 6.45) is 4.31. The lowest BCUT2D eigenvalue weighted by Crippen LogP contribution is -2.46. The number of nitrogens with two attached hydrogens (primary N) is 1. The van der Waals surface area contributed by atoms with Crippen molar-refractivity contribution in [2.75, 3.05) is 26.9 Å². The zero-order valence-corrected chi connectivity index (χ0v) is 11.0. The Bertz CT molecular complexity index is 241. The van der Waals surface area contributed by atoms with Gasteiger partial charge in [-0.15, -0.1) is 0 Å². The van der Waals surface area contributed by atoms with E-state index in [2.05, 4.69) is 6.92 Å². The van der Waals surface area contributed by atoms with E-state index in [-0.39, 0.29) is 17.7 Å². The molecule has 0 aliphatic carbocycles. The summed E-state index contributed by atoms with van der Waals surface area (Å²) in [5, 5.41) is 0. The first-order valence-electron chi connectivity index (χ1n) is 6.65. The molecule has 0 radical (unpaired) electrons. The highest BCUT2D eigenvalue weighted by atomic mass is 16.6. The fourth-order valence-corrected chi connectivity index (χ4v) is 2.97. The lowest BCUT2D eigenvalue weighted by atomic mass is 9.80. The van der Waals surface area contributed by atoms with Gasteiger partial charge in [0.2, 0.25) is 0 Å². The molecule has 0 saturated carbocycles. The molecule has 2 aliphatic heterocycles. The first-order valence-corrected chi connectivity index (χ1v) is 6.65. The number of hydrogen-bond donors (Lipinski definition) is 1. The summed E-state index contributed by atoms with van der Waals surface area (Å²) in [7, 11) is 1.74. The molecule has 0 aromatic rings. The van der Waals surface area contributed by atoms with Crippen molar-refractivity contribution >= 4 is 0 Å². The molecule has 2 aliphatic rings. The number of methoxy groups -OCH3 is 1. The molecule has 4 heteroatoms. The van der Waals surface area contributed by atoms with Gasteiger partial charge >= 0.3 is 0 Å². The zero-order chi connectivity index (χ0) is 12.3. The zero-order valence-electron chi connectivity index (χ0n) is 11.0. The molecule has 2 N–H and O–H groups in total. The fraction of sp³-hybridized carbons (Fsp3) is 1.00. The number of rotatable bonds is 4. The molecule has 2 saturated heterocycles. The Balaban J connectivity index is 1.88. The predicted molar refractivity (Wildman–Crippen MR) is 65.9 cm³/mol. The van der Waals surface area contributed by atoms with Gasteiger partial charge in [-0.2, -0.15) is 0 Å². The van der Waals surface area contributed by atoms with Gasteiger partial charge in [0, 0.05) is 32.8 Å². The van der Waals surface area contributed by atoms with Crippen LogP contribution in [0.15, 0.2) is 0 Å². The Morgan fingerprint density at radius 2 is 2.29 bits per heavy atom. The quantitative estimate of drug-likeness (QED) is 0.809. The molecular weight excluding hydrogens is 218 g/mol. The first-order chi connectivity index (χ1) is 8.15. The summed E-state index contributed by atoms with van der Waals surface area (Å²) in [4.78, 5) is 0. The van der Waals surface area contributed by atoms with Gasteiger partial charge in [-0.3, -0.25) is 0 Å². The molecular formula is C13H25NO3. The molecule has 4 nitrogen and oxygen atoms in total. The molecule has 0 amide bonds. The predicted octanol–water partition coefficient (Wildman–Crippen LogP) is 1.32. The number of ether oxygens (including phenoxy) is 3. The second kappa shape index (κ2) is 5.65. The molecule has 0 bridgehead atoms. The Kier molecular flexibility index (Phi) is 4.42. The normalized spacial score (nSPS) is 37.2. The molecule has 2 rings (SSSR count). The maximum absolute atomic E-state index is 6.30. The summed E-state index contributed by atoms with van der Waals surface area (Å²) in [6.45, 7) is 4.48. The van der Waals surface area contributed by atoms with Crippen LogP contribution in [0.25, 0.3) is 0 Å². The van der Waals surface area contributed by atoms with Crippen molar-refractivity contribution in [3.63, 3.8) is 0 Å². The average Bonchev–Trinajstić information content (AvgIpc) is 2.77. The van der Waals surface area contributed by atoms with Crippen molar-refractivity contribution in [2.24, 2.45) is 11.7 Å². The van der Waals surface area contributed by atoms with E-state index in [1.807, 2.05) is 0 Å². The van der Waals surface area contributed by atoms with Crippen LogP contribution in [-0.4, -0.2) is 44.7 Å². The van der Waals surface area contributed by atoms with Crippen LogP contribution in [0.2, 0.25) is 0 Å². The summed E-state index contributed by atoms with van der Waals surface area (Å²) in [5.41, 5.74) is 6.27. The third-order valence-corrected chi connectivity index (χ3v) is 4.21. The smallest absolute Gasteiger partial charge is 0.0939 e. The van der Waals surface area contributed by atoms with Crippen LogP contribution in [0.4, 0.5) is 0 Å². The highest BCUT2D eigenvalue weighted by molar-refractivity contribution is 4.93. The fourth-order valence-electron chi connectivity index (χ4n) is 2.97. The minimum absolute atomic E-state index is 0.0309. The van der Waals surface area contributed by atoms with Crippen LogP contribution in [0.3, 0.4) is 0 Å². The van der Waals surface area contributed by atoms with E-state index in [9.17, 15) is 0 Å². The van der Waals surface area contributed by atoms with Crippen LogP contribution in [0.5, 0.6) is 0 Å². The van der Waals surface area contributed by atoms with E-state index < -0.39 is 0 Å². The van der Waals surface area contributed by atoms with E-state index >= 15 is 0 Å². The second-order valence-corrected chi connectivity index (χ2v) is 5.53. The maximum atomic E-state index is 6.30. The van der Waals surface area contributed by atoms with Gasteiger partial charge in [0.15, 0.2) is 0 Å². The van der Waals surface area contributed by atoms with Crippen molar-refractivity contribution in [3.8, 4) is 0 Å². The molecule has 0 aromatic carbocycles. The van der Waals surface area contributed by atoms with Gasteiger partial charge in [0.1, 0.15) is 0 Å². The Morgan fingerprint density at radius 1 is 1.47 bits per heavy atom.